The lowest BCUT2D eigenvalue weighted by Gasteiger charge is -2.55. The normalized spacial score (nSPS) is 18.4. The Kier molecular flexibility index (Phi) is 5.44. The number of amides is 1. The van der Waals surface area contributed by atoms with Crippen molar-refractivity contribution < 1.29 is 29.8 Å². The molecule has 2 saturated heterocycles. The molecule has 8 nitrogen and oxygen atoms in total. The summed E-state index contributed by atoms with van der Waals surface area (Å²) in [5.74, 6) is 0. The summed E-state index contributed by atoms with van der Waals surface area (Å²) in [5.41, 5.74) is 0.00854. The molecular formula is C12H20N2O6. The second kappa shape index (κ2) is 6.65. The molecule has 0 saturated carbocycles. The predicted molar refractivity (Wildman–Crippen MR) is 68.3 cm³/mol. The number of hydrogen-bond donors (Lipinski definition) is 3. The summed E-state index contributed by atoms with van der Waals surface area (Å²) >= 11 is 0. The Labute approximate surface area is 117 Å². The maximum atomic E-state index is 11.6. The van der Waals surface area contributed by atoms with Crippen molar-refractivity contribution in [3.05, 3.63) is 0 Å². The first-order valence-corrected chi connectivity index (χ1v) is 6.11. The molecule has 2 fully saturated rings. The molecule has 2 aliphatic heterocycles. The van der Waals surface area contributed by atoms with Crippen molar-refractivity contribution in [2.75, 3.05) is 26.2 Å². The summed E-state index contributed by atoms with van der Waals surface area (Å²) in [7, 11) is 0. The summed E-state index contributed by atoms with van der Waals surface area (Å²) in [6, 6.07) is 0. The van der Waals surface area contributed by atoms with E-state index in [1.54, 1.807) is 4.90 Å². The number of nitrogens with zero attached hydrogens (tertiary/aromatic N) is 1. The Morgan fingerprint density at radius 1 is 1.20 bits per heavy atom. The van der Waals surface area contributed by atoms with E-state index in [9.17, 15) is 4.79 Å². The van der Waals surface area contributed by atoms with Gasteiger partial charge >= 0.3 is 6.09 Å². The van der Waals surface area contributed by atoms with E-state index in [0.29, 0.717) is 5.41 Å². The van der Waals surface area contributed by atoms with Crippen LogP contribution in [-0.4, -0.2) is 53.3 Å². The number of hydrogen-bond acceptors (Lipinski definition) is 7. The van der Waals surface area contributed by atoms with Crippen molar-refractivity contribution in [2.24, 2.45) is 5.41 Å². The van der Waals surface area contributed by atoms with Crippen LogP contribution in [0.1, 0.15) is 20.8 Å². The van der Waals surface area contributed by atoms with E-state index in [-0.39, 0.29) is 11.7 Å². The van der Waals surface area contributed by atoms with E-state index in [4.69, 9.17) is 15.3 Å². The topological polar surface area (TPSA) is 100 Å². The smallest absolute Gasteiger partial charge is 0.410 e. The molecule has 0 unspecified atom stereocenters. The fourth-order valence-electron chi connectivity index (χ4n) is 1.96. The van der Waals surface area contributed by atoms with Gasteiger partial charge in [0.25, 0.3) is 0 Å². The first kappa shape index (κ1) is 16.4. The van der Waals surface area contributed by atoms with Gasteiger partial charge in [-0.15, -0.1) is 0 Å². The van der Waals surface area contributed by atoms with Crippen molar-refractivity contribution >= 4 is 6.09 Å². The Morgan fingerprint density at radius 2 is 1.70 bits per heavy atom. The van der Waals surface area contributed by atoms with Crippen molar-refractivity contribution in [1.29, 1.82) is 0 Å². The van der Waals surface area contributed by atoms with Crippen molar-refractivity contribution in [1.82, 2.24) is 10.2 Å². The van der Waals surface area contributed by atoms with E-state index in [2.05, 4.69) is 15.1 Å². The molecule has 8 heteroatoms. The molecular weight excluding hydrogens is 268 g/mol. The molecule has 114 valence electrons. The van der Waals surface area contributed by atoms with E-state index in [1.165, 1.54) is 12.2 Å². The van der Waals surface area contributed by atoms with Crippen molar-refractivity contribution in [3.63, 3.8) is 0 Å². The highest BCUT2D eigenvalue weighted by atomic mass is 17.1. The van der Waals surface area contributed by atoms with E-state index in [1.807, 2.05) is 20.8 Å². The number of rotatable bonds is 0. The number of likely N-dealkylation sites (tertiary alicyclic amines) is 1. The number of carbonyl (C=O) groups excluding carboxylic acids is 1. The van der Waals surface area contributed by atoms with Crippen LogP contribution in [0.15, 0.2) is 0 Å². The van der Waals surface area contributed by atoms with Gasteiger partial charge < -0.3 is 15.0 Å². The lowest BCUT2D eigenvalue weighted by Crippen LogP contribution is -2.72. The number of carbonyl (C=O) groups is 1. The Balaban J connectivity index is 0.000000286. The maximum absolute atomic E-state index is 11.6. The van der Waals surface area contributed by atoms with Crippen LogP contribution in [-0.2, 0) is 14.5 Å². The summed E-state index contributed by atoms with van der Waals surface area (Å²) < 4.78 is 5.27. The molecule has 0 aromatic heterocycles. The third-order valence-corrected chi connectivity index (χ3v) is 2.84. The first-order valence-electron chi connectivity index (χ1n) is 6.11. The average Bonchev–Trinajstić information content (AvgIpc) is 2.20. The zero-order valence-corrected chi connectivity index (χ0v) is 11.8. The average molecular weight is 288 g/mol. The van der Waals surface area contributed by atoms with Crippen LogP contribution in [0.4, 0.5) is 4.79 Å². The second-order valence-electron chi connectivity index (χ2n) is 5.83. The highest BCUT2D eigenvalue weighted by molar-refractivity contribution is 5.69. The lowest BCUT2D eigenvalue weighted by atomic mass is 9.75. The van der Waals surface area contributed by atoms with Gasteiger partial charge in [0.1, 0.15) is 5.60 Å². The third kappa shape index (κ3) is 4.77. The molecule has 2 heterocycles. The van der Waals surface area contributed by atoms with Gasteiger partial charge in [-0.25, -0.2) is 4.79 Å². The Hall–Kier alpha value is -1.69. The zero-order chi connectivity index (χ0) is 15.2. The minimum atomic E-state index is -0.377. The first-order chi connectivity index (χ1) is 9.32. The SMILES string of the molecule is CC(C)(C)OC(=O)N1CC2(CNC2)C1.OOC#COO. The Morgan fingerprint density at radius 3 is 2.00 bits per heavy atom. The summed E-state index contributed by atoms with van der Waals surface area (Å²) in [4.78, 5) is 19.6. The quantitative estimate of drug-likeness (QED) is 0.343. The molecule has 3 N–H and O–H groups in total. The molecule has 0 bridgehead atoms. The highest BCUT2D eigenvalue weighted by Gasteiger charge is 2.50. The summed E-state index contributed by atoms with van der Waals surface area (Å²) in [6.07, 6.45) is 2.89. The molecule has 1 spiro atoms. The third-order valence-electron chi connectivity index (χ3n) is 2.84. The van der Waals surface area contributed by atoms with Gasteiger partial charge in [-0.3, -0.25) is 9.78 Å². The fraction of sp³-hybridized carbons (Fsp3) is 0.750. The van der Waals surface area contributed by atoms with Gasteiger partial charge in [0, 0.05) is 31.6 Å². The summed E-state index contributed by atoms with van der Waals surface area (Å²) in [5, 5.41) is 17.9. The molecule has 2 aliphatic rings. The molecule has 0 radical (unpaired) electrons. The van der Waals surface area contributed by atoms with Crippen molar-refractivity contribution in [3.8, 4) is 12.2 Å². The van der Waals surface area contributed by atoms with Gasteiger partial charge in [-0.1, -0.05) is 0 Å². The molecule has 2 rings (SSSR count). The number of nitrogens with one attached hydrogen (secondary N) is 1. The maximum Gasteiger partial charge on any atom is 0.410 e. The fourth-order valence-corrected chi connectivity index (χ4v) is 1.96. The molecule has 0 aromatic carbocycles. The monoisotopic (exact) mass is 288 g/mol. The van der Waals surface area contributed by atoms with E-state index in [0.717, 1.165) is 26.2 Å². The highest BCUT2D eigenvalue weighted by Crippen LogP contribution is 2.34. The van der Waals surface area contributed by atoms with Gasteiger partial charge in [-0.2, -0.15) is 10.5 Å². The largest absolute Gasteiger partial charge is 0.444 e. The van der Waals surface area contributed by atoms with Gasteiger partial charge in [-0.05, 0) is 20.8 Å². The van der Waals surface area contributed by atoms with Gasteiger partial charge in [0.05, 0.1) is 0 Å². The van der Waals surface area contributed by atoms with E-state index >= 15 is 0 Å². The summed E-state index contributed by atoms with van der Waals surface area (Å²) in [6.45, 7) is 9.49. The van der Waals surface area contributed by atoms with Crippen LogP contribution in [0.5, 0.6) is 0 Å². The molecule has 20 heavy (non-hydrogen) atoms. The van der Waals surface area contributed by atoms with Crippen molar-refractivity contribution in [2.45, 2.75) is 26.4 Å². The standard InChI is InChI=1S/C10H18N2O2.C2H2O4/c1-9(2,3)14-8(13)12-6-10(7-12)4-11-5-10;3-5-1-2-6-4/h11H,4-7H2,1-3H3;3-4H. The minimum Gasteiger partial charge on any atom is -0.444 e. The van der Waals surface area contributed by atoms with Crippen LogP contribution >= 0.6 is 0 Å². The van der Waals surface area contributed by atoms with E-state index < -0.39 is 0 Å². The van der Waals surface area contributed by atoms with Crippen LogP contribution in [0, 0.1) is 17.6 Å². The molecule has 1 amide bonds. The lowest BCUT2D eigenvalue weighted by molar-refractivity contribution is -0.188. The van der Waals surface area contributed by atoms with Gasteiger partial charge in [0.2, 0.25) is 12.2 Å². The zero-order valence-electron chi connectivity index (χ0n) is 11.8. The van der Waals surface area contributed by atoms with Gasteiger partial charge in [0.15, 0.2) is 0 Å². The van der Waals surface area contributed by atoms with Crippen LogP contribution < -0.4 is 5.32 Å². The second-order valence-corrected chi connectivity index (χ2v) is 5.83. The minimum absolute atomic E-state index is 0.171. The van der Waals surface area contributed by atoms with Crippen LogP contribution in [0.2, 0.25) is 0 Å². The van der Waals surface area contributed by atoms with Crippen LogP contribution in [0.25, 0.3) is 0 Å². The van der Waals surface area contributed by atoms with Crippen LogP contribution in [0.3, 0.4) is 0 Å². The molecule has 0 atom stereocenters. The number of ether oxygens (including phenoxy) is 1. The predicted octanol–water partition coefficient (Wildman–Crippen LogP) is 0.711. The molecule has 0 aromatic rings. The Bertz CT molecular complexity index is 375. The molecule has 0 aliphatic carbocycles.